The molecule has 1 saturated heterocycles. The van der Waals surface area contributed by atoms with E-state index >= 15 is 0 Å². The lowest BCUT2D eigenvalue weighted by Gasteiger charge is -2.29. The highest BCUT2D eigenvalue weighted by Gasteiger charge is 2.15. The van der Waals surface area contributed by atoms with Crippen molar-refractivity contribution in [2.24, 2.45) is 5.92 Å². The first-order valence-electron chi connectivity index (χ1n) is 3.48. The van der Waals surface area contributed by atoms with Gasteiger partial charge < -0.3 is 4.90 Å². The Morgan fingerprint density at radius 2 is 2.33 bits per heavy atom. The summed E-state index contributed by atoms with van der Waals surface area (Å²) in [5.41, 5.74) is 0. The number of piperidine rings is 1. The molecule has 1 aliphatic rings. The number of amidine groups is 1. The molecule has 1 heterocycles. The molecule has 0 spiro atoms. The van der Waals surface area contributed by atoms with Crippen molar-refractivity contribution in [3.8, 4) is 0 Å². The number of hydrogen-bond acceptors (Lipinski definition) is 1. The van der Waals surface area contributed by atoms with Gasteiger partial charge in [0.2, 0.25) is 0 Å². The predicted octanol–water partition coefficient (Wildman–Crippen LogP) is 1.33. The van der Waals surface area contributed by atoms with Crippen LogP contribution >= 0.6 is 0 Å². The normalized spacial score (nSPS) is 28.9. The van der Waals surface area contributed by atoms with E-state index < -0.39 is 0 Å². The second kappa shape index (κ2) is 2.38. The summed E-state index contributed by atoms with van der Waals surface area (Å²) in [7, 11) is 2.00. The summed E-state index contributed by atoms with van der Waals surface area (Å²) in [5.74, 6) is 1.58. The van der Waals surface area contributed by atoms with Gasteiger partial charge in [-0.2, -0.15) is 0 Å². The molecule has 0 bridgehead atoms. The zero-order chi connectivity index (χ0) is 6.85. The first kappa shape index (κ1) is 6.59. The molecule has 1 N–H and O–H groups in total. The highest BCUT2D eigenvalue weighted by Crippen LogP contribution is 2.14. The third kappa shape index (κ3) is 1.44. The van der Waals surface area contributed by atoms with Gasteiger partial charge in [0, 0.05) is 20.0 Å². The standard InChI is InChI=1S/C7H14N2/c1-6-3-4-7(8)9(2)5-6/h6,8H,3-5H2,1-2H3/t6-/m0/s1. The second-order valence-corrected chi connectivity index (χ2v) is 2.97. The van der Waals surface area contributed by atoms with Crippen LogP contribution in [0.1, 0.15) is 19.8 Å². The van der Waals surface area contributed by atoms with Crippen molar-refractivity contribution < 1.29 is 0 Å². The molecule has 2 heteroatoms. The van der Waals surface area contributed by atoms with E-state index in [9.17, 15) is 0 Å². The van der Waals surface area contributed by atoms with E-state index in [0.29, 0.717) is 0 Å². The molecule has 1 atom stereocenters. The maximum Gasteiger partial charge on any atom is 0.0955 e. The van der Waals surface area contributed by atoms with Crippen LogP contribution in [-0.4, -0.2) is 24.3 Å². The molecule has 0 aromatic carbocycles. The van der Waals surface area contributed by atoms with Crippen LogP contribution in [0, 0.1) is 11.3 Å². The Morgan fingerprint density at radius 3 is 2.78 bits per heavy atom. The minimum atomic E-state index is 0.782. The Kier molecular flexibility index (Phi) is 1.74. The SMILES string of the molecule is C[C@H]1CCC(=N)N(C)C1. The van der Waals surface area contributed by atoms with Gasteiger partial charge in [-0.25, -0.2) is 0 Å². The number of likely N-dealkylation sites (tertiary alicyclic amines) is 1. The van der Waals surface area contributed by atoms with Gasteiger partial charge in [-0.15, -0.1) is 0 Å². The van der Waals surface area contributed by atoms with Crippen LogP contribution in [0.2, 0.25) is 0 Å². The largest absolute Gasteiger partial charge is 0.363 e. The van der Waals surface area contributed by atoms with Crippen LogP contribution in [0.3, 0.4) is 0 Å². The zero-order valence-electron chi connectivity index (χ0n) is 6.15. The van der Waals surface area contributed by atoms with Crippen LogP contribution in [0.5, 0.6) is 0 Å². The molecular weight excluding hydrogens is 112 g/mol. The van der Waals surface area contributed by atoms with Crippen LogP contribution in [0.4, 0.5) is 0 Å². The van der Waals surface area contributed by atoms with Crippen molar-refractivity contribution in [1.29, 1.82) is 5.41 Å². The Hall–Kier alpha value is -0.530. The van der Waals surface area contributed by atoms with Gasteiger partial charge in [-0.3, -0.25) is 5.41 Å². The maximum absolute atomic E-state index is 7.41. The molecule has 0 radical (unpaired) electrons. The monoisotopic (exact) mass is 126 g/mol. The molecular formula is C7H14N2. The van der Waals surface area contributed by atoms with E-state index in [1.807, 2.05) is 11.9 Å². The Morgan fingerprint density at radius 1 is 1.67 bits per heavy atom. The molecule has 1 rings (SSSR count). The lowest BCUT2D eigenvalue weighted by Crippen LogP contribution is -2.35. The van der Waals surface area contributed by atoms with Crippen molar-refractivity contribution in [1.82, 2.24) is 4.90 Å². The first-order chi connectivity index (χ1) is 4.20. The summed E-state index contributed by atoms with van der Waals surface area (Å²) in [6.07, 6.45) is 2.17. The Labute approximate surface area is 56.4 Å². The average Bonchev–Trinajstić information content (AvgIpc) is 1.80. The highest BCUT2D eigenvalue weighted by atomic mass is 15.1. The third-order valence-corrected chi connectivity index (χ3v) is 1.92. The number of hydrogen-bond donors (Lipinski definition) is 1. The van der Waals surface area contributed by atoms with Gasteiger partial charge in [0.05, 0.1) is 5.84 Å². The van der Waals surface area contributed by atoms with Gasteiger partial charge in [0.15, 0.2) is 0 Å². The van der Waals surface area contributed by atoms with Gasteiger partial charge in [-0.1, -0.05) is 6.92 Å². The first-order valence-corrected chi connectivity index (χ1v) is 3.48. The fourth-order valence-corrected chi connectivity index (χ4v) is 1.24. The second-order valence-electron chi connectivity index (χ2n) is 2.97. The summed E-state index contributed by atoms with van der Waals surface area (Å²) in [4.78, 5) is 2.04. The minimum absolute atomic E-state index is 0.782. The molecule has 0 saturated carbocycles. The van der Waals surface area contributed by atoms with Crippen LogP contribution in [0.15, 0.2) is 0 Å². The van der Waals surface area contributed by atoms with Gasteiger partial charge in [-0.05, 0) is 12.3 Å². The van der Waals surface area contributed by atoms with E-state index in [0.717, 1.165) is 24.7 Å². The van der Waals surface area contributed by atoms with Crippen LogP contribution < -0.4 is 0 Å². The van der Waals surface area contributed by atoms with E-state index in [1.165, 1.54) is 6.42 Å². The lowest BCUT2D eigenvalue weighted by atomic mass is 10.0. The zero-order valence-corrected chi connectivity index (χ0v) is 6.15. The van der Waals surface area contributed by atoms with Crippen molar-refractivity contribution in [3.05, 3.63) is 0 Å². The number of rotatable bonds is 0. The average molecular weight is 126 g/mol. The molecule has 1 fully saturated rings. The maximum atomic E-state index is 7.41. The van der Waals surface area contributed by atoms with E-state index in [-0.39, 0.29) is 0 Å². The lowest BCUT2D eigenvalue weighted by molar-refractivity contribution is 0.345. The molecule has 0 amide bonds. The molecule has 0 aromatic rings. The Bertz CT molecular complexity index is 120. The summed E-state index contributed by atoms with van der Waals surface area (Å²) in [6.45, 7) is 3.31. The van der Waals surface area contributed by atoms with Crippen molar-refractivity contribution >= 4 is 5.84 Å². The minimum Gasteiger partial charge on any atom is -0.363 e. The van der Waals surface area contributed by atoms with Crippen LogP contribution in [0.25, 0.3) is 0 Å². The van der Waals surface area contributed by atoms with E-state index in [4.69, 9.17) is 5.41 Å². The fraction of sp³-hybridized carbons (Fsp3) is 0.857. The molecule has 0 unspecified atom stereocenters. The van der Waals surface area contributed by atoms with Crippen LogP contribution in [-0.2, 0) is 0 Å². The fourth-order valence-electron chi connectivity index (χ4n) is 1.24. The summed E-state index contributed by atoms with van der Waals surface area (Å²) < 4.78 is 0. The molecule has 1 aliphatic heterocycles. The summed E-state index contributed by atoms with van der Waals surface area (Å²) >= 11 is 0. The van der Waals surface area contributed by atoms with Gasteiger partial charge in [0.1, 0.15) is 0 Å². The van der Waals surface area contributed by atoms with E-state index in [2.05, 4.69) is 6.92 Å². The predicted molar refractivity (Wildman–Crippen MR) is 38.8 cm³/mol. The van der Waals surface area contributed by atoms with Gasteiger partial charge >= 0.3 is 0 Å². The smallest absolute Gasteiger partial charge is 0.0955 e. The molecule has 0 aromatic heterocycles. The number of nitrogens with one attached hydrogen (secondary N) is 1. The summed E-state index contributed by atoms with van der Waals surface area (Å²) in [6, 6.07) is 0. The van der Waals surface area contributed by atoms with E-state index in [1.54, 1.807) is 0 Å². The molecule has 52 valence electrons. The molecule has 0 aliphatic carbocycles. The Balaban J connectivity index is 2.44. The van der Waals surface area contributed by atoms with Crippen molar-refractivity contribution in [2.75, 3.05) is 13.6 Å². The van der Waals surface area contributed by atoms with Crippen molar-refractivity contribution in [2.45, 2.75) is 19.8 Å². The summed E-state index contributed by atoms with van der Waals surface area (Å²) in [5, 5.41) is 7.41. The topological polar surface area (TPSA) is 27.1 Å². The molecule has 2 nitrogen and oxygen atoms in total. The van der Waals surface area contributed by atoms with Crippen molar-refractivity contribution in [3.63, 3.8) is 0 Å². The number of nitrogens with zero attached hydrogens (tertiary/aromatic N) is 1. The van der Waals surface area contributed by atoms with Gasteiger partial charge in [0.25, 0.3) is 0 Å². The third-order valence-electron chi connectivity index (χ3n) is 1.92. The quantitative estimate of drug-likeness (QED) is 0.520. The highest BCUT2D eigenvalue weighted by molar-refractivity contribution is 5.79. The molecule has 9 heavy (non-hydrogen) atoms.